The third-order valence-corrected chi connectivity index (χ3v) is 8.61. The van der Waals surface area contributed by atoms with Crippen LogP contribution in [0.3, 0.4) is 0 Å². The molecule has 0 bridgehead atoms. The predicted molar refractivity (Wildman–Crippen MR) is 135 cm³/mol. The number of nitrogens with one attached hydrogen (secondary N) is 2. The largest absolute Gasteiger partial charge is 0.450 e. The molecule has 3 rings (SSSR count). The molecule has 0 radical (unpaired) electrons. The fraction of sp³-hybridized carbons (Fsp3) is 0.880. The molecule has 1 aliphatic heterocycles. The SMILES string of the molecule is CCCOC(=O)NC(C(=S)N1CCCC1C(=O)NCC1CCC(N)CC1)C(C)(C)C1CCC1. The number of ether oxygens (including phenoxy) is 1. The maximum atomic E-state index is 13.2. The highest BCUT2D eigenvalue weighted by Crippen LogP contribution is 2.45. The van der Waals surface area contributed by atoms with Gasteiger partial charge in [-0.2, -0.15) is 0 Å². The van der Waals surface area contributed by atoms with Crippen molar-refractivity contribution in [3.8, 4) is 0 Å². The molecular weight excluding hydrogens is 436 g/mol. The fourth-order valence-corrected chi connectivity index (χ4v) is 6.11. The van der Waals surface area contributed by atoms with Gasteiger partial charge in [0.25, 0.3) is 0 Å². The summed E-state index contributed by atoms with van der Waals surface area (Å²) < 4.78 is 5.33. The van der Waals surface area contributed by atoms with E-state index in [4.69, 9.17) is 22.7 Å². The molecule has 1 heterocycles. The number of amides is 2. The highest BCUT2D eigenvalue weighted by Gasteiger charge is 2.46. The van der Waals surface area contributed by atoms with E-state index in [0.717, 1.165) is 64.3 Å². The summed E-state index contributed by atoms with van der Waals surface area (Å²) in [4.78, 5) is 28.4. The maximum Gasteiger partial charge on any atom is 0.407 e. The van der Waals surface area contributed by atoms with Gasteiger partial charge in [-0.3, -0.25) is 4.79 Å². The lowest BCUT2D eigenvalue weighted by molar-refractivity contribution is -0.124. The first-order valence-electron chi connectivity index (χ1n) is 13.0. The van der Waals surface area contributed by atoms with Gasteiger partial charge < -0.3 is 26.0 Å². The molecule has 1 saturated heterocycles. The summed E-state index contributed by atoms with van der Waals surface area (Å²) in [6.07, 6.45) is 9.81. The van der Waals surface area contributed by atoms with Crippen molar-refractivity contribution in [3.05, 3.63) is 0 Å². The van der Waals surface area contributed by atoms with Gasteiger partial charge in [-0.05, 0) is 75.0 Å². The lowest BCUT2D eigenvalue weighted by atomic mass is 9.63. The van der Waals surface area contributed by atoms with Crippen LogP contribution in [0.2, 0.25) is 0 Å². The van der Waals surface area contributed by atoms with Crippen molar-refractivity contribution in [2.75, 3.05) is 19.7 Å². The topological polar surface area (TPSA) is 96.7 Å². The van der Waals surface area contributed by atoms with Crippen LogP contribution < -0.4 is 16.4 Å². The summed E-state index contributed by atoms with van der Waals surface area (Å²) in [5.41, 5.74) is 5.81. The standard InChI is InChI=1S/C25H44N4O3S/c1-4-15-32-24(31)28-21(25(2,3)18-7-5-8-18)23(33)29-14-6-9-20(29)22(30)27-16-17-10-12-19(26)13-11-17/h17-21H,4-16,26H2,1-3H3,(H,27,30)(H,28,31). The van der Waals surface area contributed by atoms with E-state index in [9.17, 15) is 9.59 Å². The number of thiocarbonyl (C=S) groups is 1. The smallest absolute Gasteiger partial charge is 0.407 e. The quantitative estimate of drug-likeness (QED) is 0.435. The van der Waals surface area contributed by atoms with Gasteiger partial charge in [-0.25, -0.2) is 4.79 Å². The van der Waals surface area contributed by atoms with Gasteiger partial charge in [0.2, 0.25) is 5.91 Å². The molecule has 8 heteroatoms. The minimum atomic E-state index is -0.424. The number of carbonyl (C=O) groups excluding carboxylic acids is 2. The van der Waals surface area contributed by atoms with Crippen molar-refractivity contribution in [1.82, 2.24) is 15.5 Å². The number of hydrogen-bond donors (Lipinski definition) is 3. The maximum absolute atomic E-state index is 13.2. The second-order valence-corrected chi connectivity index (χ2v) is 11.3. The van der Waals surface area contributed by atoms with Gasteiger partial charge in [0.05, 0.1) is 12.6 Å². The summed E-state index contributed by atoms with van der Waals surface area (Å²) in [6, 6.07) is -0.293. The minimum Gasteiger partial charge on any atom is -0.450 e. The van der Waals surface area contributed by atoms with Gasteiger partial charge in [-0.1, -0.05) is 39.4 Å². The molecule has 7 nitrogen and oxygen atoms in total. The fourth-order valence-electron chi connectivity index (χ4n) is 5.53. The van der Waals surface area contributed by atoms with Crippen molar-refractivity contribution in [1.29, 1.82) is 0 Å². The van der Waals surface area contributed by atoms with E-state index in [1.165, 1.54) is 6.42 Å². The third kappa shape index (κ3) is 6.59. The van der Waals surface area contributed by atoms with Crippen LogP contribution >= 0.6 is 12.2 Å². The van der Waals surface area contributed by atoms with Crippen LogP contribution in [0.1, 0.15) is 85.0 Å². The molecule has 3 fully saturated rings. The number of rotatable bonds is 9. The Balaban J connectivity index is 1.65. The van der Waals surface area contributed by atoms with Gasteiger partial charge in [0.15, 0.2) is 0 Å². The van der Waals surface area contributed by atoms with Crippen LogP contribution in [-0.4, -0.2) is 59.7 Å². The molecule has 0 aromatic rings. The lowest BCUT2D eigenvalue weighted by Gasteiger charge is -2.47. The molecule has 2 atom stereocenters. The van der Waals surface area contributed by atoms with E-state index in [1.807, 2.05) is 6.92 Å². The number of likely N-dealkylation sites (tertiary alicyclic amines) is 1. The number of nitrogens with two attached hydrogens (primary N) is 1. The predicted octanol–water partition coefficient (Wildman–Crippen LogP) is 3.74. The number of carbonyl (C=O) groups is 2. The van der Waals surface area contributed by atoms with Crippen LogP contribution in [-0.2, 0) is 9.53 Å². The average Bonchev–Trinajstić information content (AvgIpc) is 3.23. The van der Waals surface area contributed by atoms with E-state index >= 15 is 0 Å². The second-order valence-electron chi connectivity index (χ2n) is 10.9. The van der Waals surface area contributed by atoms with Crippen LogP contribution in [0, 0.1) is 17.3 Å². The molecule has 0 aromatic carbocycles. The highest BCUT2D eigenvalue weighted by atomic mass is 32.1. The van der Waals surface area contributed by atoms with E-state index in [1.54, 1.807) is 0 Å². The normalized spacial score (nSPS) is 26.9. The summed E-state index contributed by atoms with van der Waals surface area (Å²) in [6.45, 7) is 8.19. The molecule has 0 spiro atoms. The van der Waals surface area contributed by atoms with Gasteiger partial charge in [0, 0.05) is 19.1 Å². The Bertz CT molecular complexity index is 689. The van der Waals surface area contributed by atoms with Crippen LogP contribution in [0.25, 0.3) is 0 Å². The Morgan fingerprint density at radius 1 is 1.12 bits per heavy atom. The van der Waals surface area contributed by atoms with Crippen molar-refractivity contribution < 1.29 is 14.3 Å². The van der Waals surface area contributed by atoms with Crippen LogP contribution in [0.5, 0.6) is 0 Å². The molecule has 33 heavy (non-hydrogen) atoms. The van der Waals surface area contributed by atoms with Gasteiger partial charge >= 0.3 is 6.09 Å². The Kier molecular flexibility index (Phi) is 9.39. The van der Waals surface area contributed by atoms with Gasteiger partial charge in [0.1, 0.15) is 11.0 Å². The van der Waals surface area contributed by atoms with Crippen molar-refractivity contribution in [2.45, 2.75) is 103 Å². The third-order valence-electron chi connectivity index (χ3n) is 8.14. The molecule has 2 unspecified atom stereocenters. The van der Waals surface area contributed by atoms with Crippen molar-refractivity contribution in [3.63, 3.8) is 0 Å². The number of hydrogen-bond acceptors (Lipinski definition) is 5. The van der Waals surface area contributed by atoms with E-state index in [2.05, 4.69) is 29.4 Å². The molecule has 4 N–H and O–H groups in total. The van der Waals surface area contributed by atoms with E-state index in [0.29, 0.717) is 36.0 Å². The first-order chi connectivity index (χ1) is 15.7. The molecule has 0 aromatic heterocycles. The molecule has 2 saturated carbocycles. The Morgan fingerprint density at radius 2 is 1.82 bits per heavy atom. The minimum absolute atomic E-state index is 0.0541. The Morgan fingerprint density at radius 3 is 2.42 bits per heavy atom. The first kappa shape index (κ1) is 26.2. The summed E-state index contributed by atoms with van der Waals surface area (Å²) in [7, 11) is 0. The van der Waals surface area contributed by atoms with Crippen molar-refractivity contribution >= 4 is 29.2 Å². The summed E-state index contributed by atoms with van der Waals surface area (Å²) >= 11 is 5.99. The number of alkyl carbamates (subject to hydrolysis) is 1. The van der Waals surface area contributed by atoms with Gasteiger partial charge in [-0.15, -0.1) is 0 Å². The molecule has 188 valence electrons. The Hall–Kier alpha value is -1.41. The molecule has 2 amide bonds. The molecular formula is C25H44N4O3S. The zero-order valence-electron chi connectivity index (χ0n) is 20.7. The number of nitrogens with zero attached hydrogens (tertiary/aromatic N) is 1. The molecule has 2 aliphatic carbocycles. The van der Waals surface area contributed by atoms with E-state index in [-0.39, 0.29) is 23.4 Å². The zero-order chi connectivity index (χ0) is 24.0. The monoisotopic (exact) mass is 480 g/mol. The second kappa shape index (κ2) is 11.8. The average molecular weight is 481 g/mol. The lowest BCUT2D eigenvalue weighted by Crippen LogP contribution is -2.60. The zero-order valence-corrected chi connectivity index (χ0v) is 21.6. The first-order valence-corrected chi connectivity index (χ1v) is 13.4. The highest BCUT2D eigenvalue weighted by molar-refractivity contribution is 7.80. The molecule has 3 aliphatic rings. The van der Waals surface area contributed by atoms with Crippen LogP contribution in [0.4, 0.5) is 4.79 Å². The van der Waals surface area contributed by atoms with E-state index < -0.39 is 6.09 Å². The van der Waals surface area contributed by atoms with Crippen molar-refractivity contribution in [2.24, 2.45) is 23.0 Å². The summed E-state index contributed by atoms with van der Waals surface area (Å²) in [5.74, 6) is 1.06. The van der Waals surface area contributed by atoms with Crippen LogP contribution in [0.15, 0.2) is 0 Å². The summed E-state index contributed by atoms with van der Waals surface area (Å²) in [5, 5.41) is 6.27. The Labute approximate surface area is 204 Å².